The lowest BCUT2D eigenvalue weighted by Crippen LogP contribution is -2.46. The molecule has 0 spiro atoms. The van der Waals surface area contributed by atoms with Crippen molar-refractivity contribution >= 4 is 5.69 Å². The quantitative estimate of drug-likeness (QED) is 0.866. The van der Waals surface area contributed by atoms with E-state index in [1.54, 1.807) is 0 Å². The minimum atomic E-state index is 0.939. The number of aryl methyl sites for hydroxylation is 2. The number of fused-ring (bicyclic) bond motifs is 1. The van der Waals surface area contributed by atoms with Crippen LogP contribution in [0, 0.1) is 6.92 Å². The van der Waals surface area contributed by atoms with Crippen molar-refractivity contribution in [3.05, 3.63) is 41.5 Å². The first-order chi connectivity index (χ1) is 10.8. The van der Waals surface area contributed by atoms with E-state index >= 15 is 0 Å². The van der Waals surface area contributed by atoms with Gasteiger partial charge in [-0.2, -0.15) is 0 Å². The highest BCUT2D eigenvalue weighted by atomic mass is 15.3. The maximum absolute atomic E-state index is 4.38. The maximum Gasteiger partial charge on any atom is 0.147 e. The van der Waals surface area contributed by atoms with Gasteiger partial charge in [0.1, 0.15) is 11.6 Å². The van der Waals surface area contributed by atoms with Crippen LogP contribution in [0.2, 0.25) is 0 Å². The summed E-state index contributed by atoms with van der Waals surface area (Å²) >= 11 is 0. The molecule has 22 heavy (non-hydrogen) atoms. The zero-order chi connectivity index (χ0) is 14.9. The smallest absolute Gasteiger partial charge is 0.147 e. The molecule has 2 aromatic rings. The third-order valence-corrected chi connectivity index (χ3v) is 4.79. The van der Waals surface area contributed by atoms with Gasteiger partial charge in [0, 0.05) is 44.8 Å². The Hall–Kier alpha value is -1.88. The van der Waals surface area contributed by atoms with E-state index in [2.05, 4.69) is 55.8 Å². The third-order valence-electron chi connectivity index (χ3n) is 4.79. The summed E-state index contributed by atoms with van der Waals surface area (Å²) in [4.78, 5) is 4.99. The van der Waals surface area contributed by atoms with Crippen LogP contribution in [-0.4, -0.2) is 45.8 Å². The van der Waals surface area contributed by atoms with Gasteiger partial charge in [0.05, 0.1) is 6.54 Å². The molecule has 0 aliphatic carbocycles. The van der Waals surface area contributed by atoms with E-state index in [1.807, 2.05) is 0 Å². The first-order valence-electron chi connectivity index (χ1n) is 8.24. The van der Waals surface area contributed by atoms with Gasteiger partial charge >= 0.3 is 0 Å². The molecule has 2 aliphatic rings. The molecule has 0 saturated carbocycles. The van der Waals surface area contributed by atoms with Crippen molar-refractivity contribution in [1.29, 1.82) is 0 Å². The molecule has 0 bridgehead atoms. The summed E-state index contributed by atoms with van der Waals surface area (Å²) in [6.07, 6.45) is 2.31. The summed E-state index contributed by atoms with van der Waals surface area (Å²) < 4.78 is 2.31. The third kappa shape index (κ3) is 2.61. The molecule has 4 rings (SSSR count). The van der Waals surface area contributed by atoms with E-state index in [1.165, 1.54) is 23.5 Å². The molecule has 2 aliphatic heterocycles. The molecule has 1 aromatic carbocycles. The number of piperazine rings is 1. The maximum atomic E-state index is 4.38. The molecular formula is C17H23N5. The van der Waals surface area contributed by atoms with Crippen LogP contribution in [0.5, 0.6) is 0 Å². The number of nitrogens with zero attached hydrogens (tertiary/aromatic N) is 5. The minimum Gasteiger partial charge on any atom is -0.369 e. The van der Waals surface area contributed by atoms with Gasteiger partial charge in [-0.05, 0) is 31.0 Å². The zero-order valence-electron chi connectivity index (χ0n) is 13.2. The van der Waals surface area contributed by atoms with Crippen molar-refractivity contribution in [2.75, 3.05) is 31.1 Å². The zero-order valence-corrected chi connectivity index (χ0v) is 13.2. The molecule has 0 amide bonds. The summed E-state index contributed by atoms with van der Waals surface area (Å²) in [5.41, 5.74) is 2.68. The summed E-state index contributed by atoms with van der Waals surface area (Å²) in [6, 6.07) is 8.80. The van der Waals surface area contributed by atoms with Crippen LogP contribution < -0.4 is 4.90 Å². The van der Waals surface area contributed by atoms with Gasteiger partial charge in [0.25, 0.3) is 0 Å². The van der Waals surface area contributed by atoms with E-state index in [0.717, 1.165) is 51.5 Å². The Labute approximate surface area is 131 Å². The lowest BCUT2D eigenvalue weighted by molar-refractivity contribution is 0.240. The van der Waals surface area contributed by atoms with Crippen molar-refractivity contribution < 1.29 is 0 Å². The Kier molecular flexibility index (Phi) is 3.58. The van der Waals surface area contributed by atoms with Crippen LogP contribution in [0.4, 0.5) is 5.69 Å². The van der Waals surface area contributed by atoms with E-state index in [-0.39, 0.29) is 0 Å². The number of hydrogen-bond acceptors (Lipinski definition) is 4. The number of hydrogen-bond donors (Lipinski definition) is 0. The molecule has 0 N–H and O–H groups in total. The molecule has 5 heteroatoms. The highest BCUT2D eigenvalue weighted by molar-refractivity contribution is 5.48. The van der Waals surface area contributed by atoms with Crippen molar-refractivity contribution in [2.24, 2.45) is 0 Å². The monoisotopic (exact) mass is 297 g/mol. The van der Waals surface area contributed by atoms with E-state index in [9.17, 15) is 0 Å². The average molecular weight is 297 g/mol. The van der Waals surface area contributed by atoms with E-state index in [0.29, 0.717) is 0 Å². The molecular weight excluding hydrogens is 274 g/mol. The Bertz CT molecular complexity index is 655. The van der Waals surface area contributed by atoms with Crippen LogP contribution in [-0.2, 0) is 19.5 Å². The highest BCUT2D eigenvalue weighted by Gasteiger charge is 2.22. The topological polar surface area (TPSA) is 37.2 Å². The van der Waals surface area contributed by atoms with Gasteiger partial charge in [0.15, 0.2) is 0 Å². The summed E-state index contributed by atoms with van der Waals surface area (Å²) in [7, 11) is 0. The van der Waals surface area contributed by atoms with Gasteiger partial charge in [-0.25, -0.2) is 0 Å². The van der Waals surface area contributed by atoms with Crippen LogP contribution in [0.15, 0.2) is 24.3 Å². The predicted octanol–water partition coefficient (Wildman–Crippen LogP) is 1.85. The molecule has 0 radical (unpaired) electrons. The van der Waals surface area contributed by atoms with Gasteiger partial charge in [-0.15, -0.1) is 10.2 Å². The summed E-state index contributed by atoms with van der Waals surface area (Å²) in [6.45, 7) is 8.56. The lowest BCUT2D eigenvalue weighted by atomic mass is 10.2. The Balaban J connectivity index is 1.37. The van der Waals surface area contributed by atoms with Crippen molar-refractivity contribution in [3.63, 3.8) is 0 Å². The molecule has 5 nitrogen and oxygen atoms in total. The van der Waals surface area contributed by atoms with Crippen LogP contribution >= 0.6 is 0 Å². The van der Waals surface area contributed by atoms with E-state index < -0.39 is 0 Å². The van der Waals surface area contributed by atoms with Gasteiger partial charge in [0.2, 0.25) is 0 Å². The van der Waals surface area contributed by atoms with Gasteiger partial charge in [-0.3, -0.25) is 4.90 Å². The second-order valence-electron chi connectivity index (χ2n) is 6.39. The second-order valence-corrected chi connectivity index (χ2v) is 6.39. The summed E-state index contributed by atoms with van der Waals surface area (Å²) in [5.74, 6) is 2.32. The first kappa shape index (κ1) is 13.8. The van der Waals surface area contributed by atoms with E-state index in [4.69, 9.17) is 0 Å². The molecule has 1 fully saturated rings. The Morgan fingerprint density at radius 3 is 2.73 bits per heavy atom. The molecule has 1 saturated heterocycles. The molecule has 1 aromatic heterocycles. The number of anilines is 1. The normalized spacial score (nSPS) is 18.7. The lowest BCUT2D eigenvalue weighted by Gasteiger charge is -2.36. The Morgan fingerprint density at radius 2 is 1.91 bits per heavy atom. The minimum absolute atomic E-state index is 0.939. The SMILES string of the molecule is Cc1cccc(N2CCN(Cc3nnc4n3CCC4)CC2)c1. The fourth-order valence-corrected chi connectivity index (χ4v) is 3.52. The molecule has 116 valence electrons. The number of rotatable bonds is 3. The van der Waals surface area contributed by atoms with Crippen molar-refractivity contribution in [2.45, 2.75) is 32.9 Å². The largest absolute Gasteiger partial charge is 0.369 e. The van der Waals surface area contributed by atoms with Crippen molar-refractivity contribution in [1.82, 2.24) is 19.7 Å². The van der Waals surface area contributed by atoms with Crippen LogP contribution in [0.1, 0.15) is 23.6 Å². The average Bonchev–Trinajstić information content (AvgIpc) is 3.13. The fraction of sp³-hybridized carbons (Fsp3) is 0.529. The second kappa shape index (κ2) is 5.72. The molecule has 0 unspecified atom stereocenters. The van der Waals surface area contributed by atoms with Gasteiger partial charge < -0.3 is 9.47 Å². The number of benzene rings is 1. The van der Waals surface area contributed by atoms with Crippen LogP contribution in [0.3, 0.4) is 0 Å². The van der Waals surface area contributed by atoms with Crippen LogP contribution in [0.25, 0.3) is 0 Å². The predicted molar refractivity (Wildman–Crippen MR) is 87.0 cm³/mol. The first-order valence-corrected chi connectivity index (χ1v) is 8.24. The van der Waals surface area contributed by atoms with Gasteiger partial charge in [-0.1, -0.05) is 12.1 Å². The Morgan fingerprint density at radius 1 is 1.05 bits per heavy atom. The molecule has 0 atom stereocenters. The number of aromatic nitrogens is 3. The summed E-state index contributed by atoms with van der Waals surface area (Å²) in [5, 5.41) is 8.69. The highest BCUT2D eigenvalue weighted by Crippen LogP contribution is 2.19. The van der Waals surface area contributed by atoms with Crippen molar-refractivity contribution in [3.8, 4) is 0 Å². The standard InChI is InChI=1S/C17H23N5/c1-14-4-2-5-15(12-14)21-10-8-20(9-11-21)13-17-19-18-16-6-3-7-22(16)17/h2,4-5,12H,3,6-11,13H2,1H3. The molecule has 3 heterocycles. The fourth-order valence-electron chi connectivity index (χ4n) is 3.52.